The smallest absolute Gasteiger partial charge is 0.266 e. The maximum Gasteiger partial charge on any atom is 0.266 e. The van der Waals surface area contributed by atoms with Gasteiger partial charge in [0.25, 0.3) is 5.91 Å². The second-order valence-corrected chi connectivity index (χ2v) is 5.75. The number of aliphatic hydroxyl groups excluding tert-OH is 1. The number of hydrogen-bond donors (Lipinski definition) is 2. The highest BCUT2D eigenvalue weighted by molar-refractivity contribution is 7.71. The van der Waals surface area contributed by atoms with Gasteiger partial charge in [-0.25, -0.2) is 10.0 Å². The Hall–Kier alpha value is -1.18. The molecule has 0 bridgehead atoms. The fourth-order valence-corrected chi connectivity index (χ4v) is 2.22. The summed E-state index contributed by atoms with van der Waals surface area (Å²) >= 11 is 5.20. The molecule has 1 aromatic rings. The molecule has 0 saturated heterocycles. The van der Waals surface area contributed by atoms with Gasteiger partial charge in [0.2, 0.25) is 0 Å². The number of carbonyl (C=O) groups excluding carboxylic acids is 1. The topological polar surface area (TPSA) is 59.2 Å². The molecule has 1 unspecified atom stereocenters. The van der Waals surface area contributed by atoms with Gasteiger partial charge in [0.1, 0.15) is 12.6 Å². The van der Waals surface area contributed by atoms with E-state index in [4.69, 9.17) is 12.2 Å². The van der Waals surface area contributed by atoms with Gasteiger partial charge in [0.15, 0.2) is 4.77 Å². The van der Waals surface area contributed by atoms with Crippen molar-refractivity contribution in [1.82, 2.24) is 14.6 Å². The summed E-state index contributed by atoms with van der Waals surface area (Å²) in [5.41, 5.74) is 2.87. The normalized spacial score (nSPS) is 13.3. The number of nitrogens with zero attached hydrogens (tertiary/aromatic N) is 3. The number of nitrogens with one attached hydrogen (secondary N) is 1. The molecule has 1 atom stereocenters. The lowest BCUT2D eigenvalue weighted by molar-refractivity contribution is -0.927. The Labute approximate surface area is 118 Å². The van der Waals surface area contributed by atoms with Crippen LogP contribution in [0, 0.1) is 4.77 Å². The molecule has 6 nitrogen and oxygen atoms in total. The molecule has 0 aromatic carbocycles. The molecule has 0 aliphatic heterocycles. The molecule has 1 aromatic heterocycles. The summed E-state index contributed by atoms with van der Waals surface area (Å²) < 4.78 is 4.66. The highest BCUT2D eigenvalue weighted by Gasteiger charge is 2.21. The predicted octanol–water partition coefficient (Wildman–Crippen LogP) is 0.435. The Morgan fingerprint density at radius 3 is 2.63 bits per heavy atom. The largest absolute Gasteiger partial charge is 0.387 e. The zero-order chi connectivity index (χ0) is 14.6. The molecule has 2 N–H and O–H groups in total. The van der Waals surface area contributed by atoms with Crippen molar-refractivity contribution in [3.63, 3.8) is 0 Å². The molecule has 0 saturated carbocycles. The first kappa shape index (κ1) is 15.9. The Balaban J connectivity index is 2.48. The number of aliphatic hydroxyl groups is 1. The summed E-state index contributed by atoms with van der Waals surface area (Å²) in [6, 6.07) is 0. The quantitative estimate of drug-likeness (QED) is 0.453. The fourth-order valence-electron chi connectivity index (χ4n) is 2.00. The fraction of sp³-hybridized carbons (Fsp3) is 0.667. The molecular weight excluding hydrogens is 264 g/mol. The van der Waals surface area contributed by atoms with Gasteiger partial charge in [0, 0.05) is 32.4 Å². The van der Waals surface area contributed by atoms with Crippen molar-refractivity contribution in [3.8, 4) is 0 Å². The third kappa shape index (κ3) is 5.14. The summed E-state index contributed by atoms with van der Waals surface area (Å²) in [4.78, 5) is 11.9. The number of rotatable bonds is 6. The van der Waals surface area contributed by atoms with E-state index in [9.17, 15) is 9.90 Å². The SMILES string of the molecule is CC(O)C[N+](C)(C)NC(=O)CCn1ccn(C)c1=S. The van der Waals surface area contributed by atoms with E-state index in [1.807, 2.05) is 42.7 Å². The number of aryl methyl sites for hydroxylation is 2. The summed E-state index contributed by atoms with van der Waals surface area (Å²) in [5, 5.41) is 9.36. The second-order valence-electron chi connectivity index (χ2n) is 5.39. The van der Waals surface area contributed by atoms with Crippen molar-refractivity contribution in [2.45, 2.75) is 26.0 Å². The standard InChI is InChI=1S/C12H22N4O2S/c1-10(17)9-16(3,4)13-11(18)5-6-15-8-7-14(2)12(15)19/h7-8,10,17H,5-6,9H2,1-4H3/p+1. The van der Waals surface area contributed by atoms with Gasteiger partial charge in [-0.2, -0.15) is 0 Å². The maximum absolute atomic E-state index is 11.9. The van der Waals surface area contributed by atoms with Gasteiger partial charge in [-0.15, -0.1) is 0 Å². The number of likely N-dealkylation sites (N-methyl/N-ethyl adjacent to an activating group) is 1. The lowest BCUT2D eigenvalue weighted by Crippen LogP contribution is -2.57. The molecule has 108 valence electrons. The van der Waals surface area contributed by atoms with E-state index in [2.05, 4.69) is 5.43 Å². The van der Waals surface area contributed by atoms with E-state index in [1.165, 1.54) is 0 Å². The van der Waals surface area contributed by atoms with E-state index >= 15 is 0 Å². The van der Waals surface area contributed by atoms with Gasteiger partial charge in [0.05, 0.1) is 14.1 Å². The Bertz CT molecular complexity index is 490. The molecule has 1 heterocycles. The summed E-state index contributed by atoms with van der Waals surface area (Å²) in [5.74, 6) is -0.0589. The minimum Gasteiger partial charge on any atom is -0.387 e. The number of hydrogen-bond acceptors (Lipinski definition) is 3. The van der Waals surface area contributed by atoms with Crippen molar-refractivity contribution in [3.05, 3.63) is 17.2 Å². The first-order valence-corrected chi connectivity index (χ1v) is 6.66. The summed E-state index contributed by atoms with van der Waals surface area (Å²) in [6.07, 6.45) is 3.64. The van der Waals surface area contributed by atoms with E-state index < -0.39 is 6.10 Å². The lowest BCUT2D eigenvalue weighted by Gasteiger charge is -2.30. The Morgan fingerprint density at radius 1 is 1.53 bits per heavy atom. The van der Waals surface area contributed by atoms with Crippen LogP contribution in [0.25, 0.3) is 0 Å². The van der Waals surface area contributed by atoms with Crippen molar-refractivity contribution in [2.24, 2.45) is 7.05 Å². The highest BCUT2D eigenvalue weighted by Crippen LogP contribution is 1.99. The van der Waals surface area contributed by atoms with Crippen molar-refractivity contribution in [2.75, 3.05) is 20.6 Å². The molecule has 0 radical (unpaired) electrons. The van der Waals surface area contributed by atoms with E-state index in [0.717, 1.165) is 0 Å². The number of aromatic nitrogens is 2. The second kappa shape index (κ2) is 6.31. The average Bonchev–Trinajstić information content (AvgIpc) is 2.54. The van der Waals surface area contributed by atoms with Gasteiger partial charge in [-0.05, 0) is 19.1 Å². The molecule has 0 aliphatic rings. The van der Waals surface area contributed by atoms with E-state index in [-0.39, 0.29) is 10.5 Å². The predicted molar refractivity (Wildman–Crippen MR) is 75.7 cm³/mol. The van der Waals surface area contributed by atoms with Crippen LogP contribution in [-0.4, -0.2) is 51.5 Å². The van der Waals surface area contributed by atoms with Crippen LogP contribution in [0.5, 0.6) is 0 Å². The average molecular weight is 287 g/mol. The van der Waals surface area contributed by atoms with Gasteiger partial charge in [-0.3, -0.25) is 4.79 Å². The summed E-state index contributed by atoms with van der Waals surface area (Å²) in [6.45, 7) is 2.73. The third-order valence-corrected chi connectivity index (χ3v) is 3.27. The molecule has 0 fully saturated rings. The third-order valence-electron chi connectivity index (χ3n) is 2.75. The molecule has 0 spiro atoms. The van der Waals surface area contributed by atoms with Crippen LogP contribution < -0.4 is 5.43 Å². The Kier molecular flexibility index (Phi) is 5.28. The summed E-state index contributed by atoms with van der Waals surface area (Å²) in [7, 11) is 5.57. The maximum atomic E-state index is 11.9. The number of quaternary nitrogens is 1. The minimum atomic E-state index is -0.460. The number of carbonyl (C=O) groups is 1. The molecular formula is C12H23N4O2S+. The van der Waals surface area contributed by atoms with Crippen LogP contribution in [0.2, 0.25) is 0 Å². The van der Waals surface area contributed by atoms with Crippen molar-refractivity contribution >= 4 is 18.1 Å². The minimum absolute atomic E-state index is 0.0589. The van der Waals surface area contributed by atoms with E-state index in [1.54, 1.807) is 6.92 Å². The van der Waals surface area contributed by atoms with Crippen LogP contribution in [0.4, 0.5) is 0 Å². The Morgan fingerprint density at radius 2 is 2.16 bits per heavy atom. The molecule has 0 aliphatic carbocycles. The van der Waals surface area contributed by atoms with E-state index in [0.29, 0.717) is 24.3 Å². The van der Waals surface area contributed by atoms with Gasteiger partial charge < -0.3 is 14.2 Å². The van der Waals surface area contributed by atoms with Crippen LogP contribution in [0.15, 0.2) is 12.4 Å². The van der Waals surface area contributed by atoms with Crippen LogP contribution in [0.3, 0.4) is 0 Å². The van der Waals surface area contributed by atoms with Gasteiger partial charge >= 0.3 is 0 Å². The number of imidazole rings is 1. The molecule has 1 amide bonds. The van der Waals surface area contributed by atoms with Crippen molar-refractivity contribution < 1.29 is 14.5 Å². The van der Waals surface area contributed by atoms with Gasteiger partial charge in [-0.1, -0.05) is 0 Å². The van der Waals surface area contributed by atoms with Crippen LogP contribution in [0.1, 0.15) is 13.3 Å². The van der Waals surface area contributed by atoms with Crippen molar-refractivity contribution in [1.29, 1.82) is 0 Å². The highest BCUT2D eigenvalue weighted by atomic mass is 32.1. The molecule has 7 heteroatoms. The number of amides is 1. The van der Waals surface area contributed by atoms with Crippen LogP contribution >= 0.6 is 12.2 Å². The van der Waals surface area contributed by atoms with Crippen LogP contribution in [-0.2, 0) is 18.4 Å². The first-order chi connectivity index (χ1) is 8.71. The molecule has 19 heavy (non-hydrogen) atoms. The first-order valence-electron chi connectivity index (χ1n) is 6.25. The zero-order valence-electron chi connectivity index (χ0n) is 12.0. The lowest BCUT2D eigenvalue weighted by atomic mass is 10.3. The zero-order valence-corrected chi connectivity index (χ0v) is 12.8. The monoisotopic (exact) mass is 287 g/mol. The molecule has 1 rings (SSSR count).